The molecule has 9 heteroatoms. The van der Waals surface area contributed by atoms with E-state index < -0.39 is 29.2 Å². The van der Waals surface area contributed by atoms with Gasteiger partial charge >= 0.3 is 0 Å². The van der Waals surface area contributed by atoms with Crippen molar-refractivity contribution >= 4 is 39.9 Å². The Morgan fingerprint density at radius 3 is 2.40 bits per heavy atom. The third-order valence-electron chi connectivity index (χ3n) is 4.98. The number of halogens is 1. The third-order valence-corrected chi connectivity index (χ3v) is 5.67. The minimum atomic E-state index is -1.06. The molecular weight excluding hydrogens is 467 g/mol. The molecule has 0 aliphatic heterocycles. The van der Waals surface area contributed by atoms with Gasteiger partial charge in [-0.3, -0.25) is 19.3 Å². The molecule has 0 fully saturated rings. The minimum Gasteiger partial charge on any atom is -0.349 e. The Labute approximate surface area is 208 Å². The van der Waals surface area contributed by atoms with Crippen molar-refractivity contribution < 1.29 is 18.8 Å². The Bertz CT molecular complexity index is 1170. The van der Waals surface area contributed by atoms with Crippen LogP contribution in [0.15, 0.2) is 60.1 Å². The van der Waals surface area contributed by atoms with Gasteiger partial charge < -0.3 is 10.6 Å². The molecule has 0 aliphatic rings. The molecule has 2 aromatic carbocycles. The Hall–Kier alpha value is -3.59. The zero-order valence-corrected chi connectivity index (χ0v) is 21.0. The summed E-state index contributed by atoms with van der Waals surface area (Å²) in [4.78, 5) is 44.9. The van der Waals surface area contributed by atoms with Crippen LogP contribution in [0.2, 0.25) is 0 Å². The minimum absolute atomic E-state index is 0.0856. The van der Waals surface area contributed by atoms with E-state index >= 15 is 0 Å². The lowest BCUT2D eigenvalue weighted by atomic mass is 10.00. The van der Waals surface area contributed by atoms with Crippen molar-refractivity contribution in [2.45, 2.75) is 52.1 Å². The second-order valence-corrected chi connectivity index (χ2v) is 10.1. The molecule has 7 nitrogen and oxygen atoms in total. The Morgan fingerprint density at radius 1 is 1.09 bits per heavy atom. The predicted molar refractivity (Wildman–Crippen MR) is 136 cm³/mol. The number of aryl methyl sites for hydroxylation is 1. The summed E-state index contributed by atoms with van der Waals surface area (Å²) in [6.07, 6.45) is 1.36. The molecule has 0 radical (unpaired) electrons. The molecule has 3 rings (SSSR count). The first-order valence-electron chi connectivity index (χ1n) is 11.2. The number of carbonyl (C=O) groups excluding carboxylic acids is 3. The highest BCUT2D eigenvalue weighted by Gasteiger charge is 2.34. The molecule has 3 aromatic rings. The summed E-state index contributed by atoms with van der Waals surface area (Å²) in [5.74, 6) is -1.62. The maximum Gasteiger partial charge on any atom is 0.248 e. The monoisotopic (exact) mass is 496 g/mol. The number of hydrogen-bond acceptors (Lipinski definition) is 5. The molecule has 0 bridgehead atoms. The zero-order valence-electron chi connectivity index (χ0n) is 20.2. The van der Waals surface area contributed by atoms with Gasteiger partial charge in [0.25, 0.3) is 0 Å². The van der Waals surface area contributed by atoms with E-state index in [1.807, 2.05) is 33.8 Å². The smallest absolute Gasteiger partial charge is 0.248 e. The van der Waals surface area contributed by atoms with Crippen LogP contribution in [-0.4, -0.2) is 28.2 Å². The average molecular weight is 497 g/mol. The SMILES string of the molecule is Cc1cccc(N(C(=O)CCC(=O)Nc2nccs2)C(C(=O)NC(C)(C)C)c2ccc(F)cc2)c1. The standard InChI is InChI=1S/C26H29FN4O3S/c1-17-6-5-7-20(16-17)31(22(33)13-12-21(32)29-25-28-14-15-35-25)23(24(34)30-26(2,3)4)18-8-10-19(27)11-9-18/h5-11,14-16,23H,12-13H2,1-4H3,(H,30,34)(H,28,29,32). The molecule has 3 amide bonds. The first kappa shape index (κ1) is 26.0. The molecule has 0 spiro atoms. The van der Waals surface area contributed by atoms with E-state index in [0.717, 1.165) is 5.56 Å². The number of amides is 3. The van der Waals surface area contributed by atoms with Crippen molar-refractivity contribution in [3.8, 4) is 0 Å². The Kier molecular flexibility index (Phi) is 8.34. The quantitative estimate of drug-likeness (QED) is 0.459. The number of thiazole rings is 1. The molecule has 1 unspecified atom stereocenters. The van der Waals surface area contributed by atoms with Crippen molar-refractivity contribution in [1.82, 2.24) is 10.3 Å². The summed E-state index contributed by atoms with van der Waals surface area (Å²) in [7, 11) is 0. The first-order chi connectivity index (χ1) is 16.5. The van der Waals surface area contributed by atoms with Crippen LogP contribution >= 0.6 is 11.3 Å². The number of hydrogen-bond donors (Lipinski definition) is 2. The van der Waals surface area contributed by atoms with E-state index in [0.29, 0.717) is 16.4 Å². The highest BCUT2D eigenvalue weighted by atomic mass is 32.1. The molecule has 0 aliphatic carbocycles. The normalized spacial score (nSPS) is 12.0. The summed E-state index contributed by atoms with van der Waals surface area (Å²) in [6.45, 7) is 7.41. The fraction of sp³-hybridized carbons (Fsp3) is 0.308. The van der Waals surface area contributed by atoms with Crippen LogP contribution in [0.1, 0.15) is 50.8 Å². The van der Waals surface area contributed by atoms with Crippen LogP contribution in [0.5, 0.6) is 0 Å². The number of nitrogens with one attached hydrogen (secondary N) is 2. The van der Waals surface area contributed by atoms with E-state index in [2.05, 4.69) is 15.6 Å². The number of nitrogens with zero attached hydrogens (tertiary/aromatic N) is 2. The van der Waals surface area contributed by atoms with Gasteiger partial charge in [-0.2, -0.15) is 0 Å². The van der Waals surface area contributed by atoms with Gasteiger partial charge in [-0.05, 0) is 63.1 Å². The van der Waals surface area contributed by atoms with Gasteiger partial charge in [-0.1, -0.05) is 24.3 Å². The van der Waals surface area contributed by atoms with Crippen LogP contribution in [0, 0.1) is 12.7 Å². The topological polar surface area (TPSA) is 91.4 Å². The van der Waals surface area contributed by atoms with Crippen LogP contribution in [-0.2, 0) is 14.4 Å². The van der Waals surface area contributed by atoms with E-state index in [4.69, 9.17) is 0 Å². The predicted octanol–water partition coefficient (Wildman–Crippen LogP) is 5.00. The second-order valence-electron chi connectivity index (χ2n) is 9.18. The van der Waals surface area contributed by atoms with E-state index in [1.54, 1.807) is 29.8 Å². The van der Waals surface area contributed by atoms with Crippen molar-refractivity contribution in [3.05, 3.63) is 77.1 Å². The lowest BCUT2D eigenvalue weighted by Crippen LogP contribution is -2.49. The maximum atomic E-state index is 13.7. The van der Waals surface area contributed by atoms with Gasteiger partial charge in [-0.15, -0.1) is 11.3 Å². The van der Waals surface area contributed by atoms with E-state index in [1.165, 1.54) is 40.5 Å². The molecule has 0 saturated heterocycles. The van der Waals surface area contributed by atoms with Crippen LogP contribution in [0.25, 0.3) is 0 Å². The molecular formula is C26H29FN4O3S. The summed E-state index contributed by atoms with van der Waals surface area (Å²) < 4.78 is 13.7. The molecule has 1 heterocycles. The van der Waals surface area contributed by atoms with Crippen LogP contribution in [0.3, 0.4) is 0 Å². The summed E-state index contributed by atoms with van der Waals surface area (Å²) >= 11 is 1.28. The largest absolute Gasteiger partial charge is 0.349 e. The van der Waals surface area contributed by atoms with Gasteiger partial charge in [0.05, 0.1) is 0 Å². The summed E-state index contributed by atoms with van der Waals surface area (Å²) in [5.41, 5.74) is 1.30. The fourth-order valence-corrected chi connectivity index (χ4v) is 4.07. The maximum absolute atomic E-state index is 13.7. The highest BCUT2D eigenvalue weighted by molar-refractivity contribution is 7.13. The Balaban J connectivity index is 1.96. The lowest BCUT2D eigenvalue weighted by molar-refractivity contribution is -0.128. The van der Waals surface area contributed by atoms with E-state index in [9.17, 15) is 18.8 Å². The van der Waals surface area contributed by atoms with Crippen molar-refractivity contribution in [3.63, 3.8) is 0 Å². The number of carbonyl (C=O) groups is 3. The first-order valence-corrected chi connectivity index (χ1v) is 12.1. The van der Waals surface area contributed by atoms with Crippen molar-refractivity contribution in [2.75, 3.05) is 10.2 Å². The Morgan fingerprint density at radius 2 is 1.80 bits per heavy atom. The van der Waals surface area contributed by atoms with Crippen LogP contribution in [0.4, 0.5) is 15.2 Å². The molecule has 1 atom stereocenters. The molecule has 184 valence electrons. The highest BCUT2D eigenvalue weighted by Crippen LogP contribution is 2.30. The van der Waals surface area contributed by atoms with Gasteiger partial charge in [0.1, 0.15) is 11.9 Å². The fourth-order valence-electron chi connectivity index (χ4n) is 3.52. The average Bonchev–Trinajstić information content (AvgIpc) is 3.28. The number of anilines is 2. The van der Waals surface area contributed by atoms with Crippen molar-refractivity contribution in [1.29, 1.82) is 0 Å². The molecule has 0 saturated carbocycles. The summed E-state index contributed by atoms with van der Waals surface area (Å²) in [6, 6.07) is 11.7. The molecule has 2 N–H and O–H groups in total. The third kappa shape index (κ3) is 7.45. The van der Waals surface area contributed by atoms with Gasteiger partial charge in [0, 0.05) is 35.6 Å². The van der Waals surface area contributed by atoms with E-state index in [-0.39, 0.29) is 18.7 Å². The number of rotatable bonds is 8. The second kappa shape index (κ2) is 11.2. The van der Waals surface area contributed by atoms with Gasteiger partial charge in [-0.25, -0.2) is 9.37 Å². The molecule has 1 aromatic heterocycles. The van der Waals surface area contributed by atoms with Gasteiger partial charge in [0.15, 0.2) is 5.13 Å². The lowest BCUT2D eigenvalue weighted by Gasteiger charge is -2.34. The van der Waals surface area contributed by atoms with Crippen LogP contribution < -0.4 is 15.5 Å². The van der Waals surface area contributed by atoms with Gasteiger partial charge in [0.2, 0.25) is 17.7 Å². The zero-order chi connectivity index (χ0) is 25.6. The van der Waals surface area contributed by atoms with Crippen molar-refractivity contribution in [2.24, 2.45) is 0 Å². The molecule has 35 heavy (non-hydrogen) atoms. The number of aromatic nitrogens is 1. The number of benzene rings is 2. The summed E-state index contributed by atoms with van der Waals surface area (Å²) in [5, 5.41) is 7.78.